The Morgan fingerprint density at radius 3 is 2.72 bits per heavy atom. The Bertz CT molecular complexity index is 621. The van der Waals surface area contributed by atoms with Crippen molar-refractivity contribution in [2.75, 3.05) is 45.1 Å². The molecule has 1 N–H and O–H groups in total. The van der Waals surface area contributed by atoms with Crippen molar-refractivity contribution in [3.8, 4) is 11.5 Å². The standard InChI is InChI=1S/C19H26N2O3S/c22-18(21-8-5-19(6-9-21)4-7-20-14-19)3-12-25-15-1-2-16-17(13-15)24-11-10-23-16/h1-2,13,20H,3-12,14H2. The molecule has 0 atom stereocenters. The van der Waals surface area contributed by atoms with E-state index in [9.17, 15) is 4.79 Å². The predicted molar refractivity (Wildman–Crippen MR) is 98.5 cm³/mol. The van der Waals surface area contributed by atoms with Crippen molar-refractivity contribution >= 4 is 17.7 Å². The van der Waals surface area contributed by atoms with Gasteiger partial charge >= 0.3 is 0 Å². The summed E-state index contributed by atoms with van der Waals surface area (Å²) in [6.07, 6.45) is 4.18. The predicted octanol–water partition coefficient (Wildman–Crippen LogP) is 2.54. The molecule has 1 spiro atoms. The molecule has 25 heavy (non-hydrogen) atoms. The molecule has 2 fully saturated rings. The second kappa shape index (κ2) is 7.46. The molecular formula is C19H26N2O3S. The SMILES string of the molecule is O=C(CCSc1ccc2c(c1)OCCO2)N1CCC2(CCNC2)CC1. The largest absolute Gasteiger partial charge is 0.486 e. The normalized spacial score (nSPS) is 21.5. The van der Waals surface area contributed by atoms with E-state index in [1.807, 2.05) is 18.2 Å². The summed E-state index contributed by atoms with van der Waals surface area (Å²) in [7, 11) is 0. The zero-order chi connectivity index (χ0) is 17.1. The molecular weight excluding hydrogens is 336 g/mol. The number of fused-ring (bicyclic) bond motifs is 1. The number of benzene rings is 1. The zero-order valence-electron chi connectivity index (χ0n) is 14.6. The molecule has 1 aromatic carbocycles. The van der Waals surface area contributed by atoms with Crippen molar-refractivity contribution in [3.63, 3.8) is 0 Å². The monoisotopic (exact) mass is 362 g/mol. The maximum Gasteiger partial charge on any atom is 0.223 e. The molecule has 5 nitrogen and oxygen atoms in total. The van der Waals surface area contributed by atoms with Gasteiger partial charge in [0.2, 0.25) is 5.91 Å². The fraction of sp³-hybridized carbons (Fsp3) is 0.632. The molecule has 0 aliphatic carbocycles. The molecule has 6 heteroatoms. The van der Waals surface area contributed by atoms with Gasteiger partial charge in [-0.15, -0.1) is 11.8 Å². The van der Waals surface area contributed by atoms with E-state index in [0.29, 0.717) is 31.0 Å². The third kappa shape index (κ3) is 3.90. The van der Waals surface area contributed by atoms with E-state index in [-0.39, 0.29) is 0 Å². The van der Waals surface area contributed by atoms with Crippen molar-refractivity contribution < 1.29 is 14.3 Å². The van der Waals surface area contributed by atoms with Gasteiger partial charge in [0.05, 0.1) is 0 Å². The van der Waals surface area contributed by atoms with Crippen molar-refractivity contribution in [3.05, 3.63) is 18.2 Å². The summed E-state index contributed by atoms with van der Waals surface area (Å²) in [6, 6.07) is 6.01. The molecule has 0 aromatic heterocycles. The Labute approximate surface area is 153 Å². The Balaban J connectivity index is 1.23. The number of ether oxygens (including phenoxy) is 2. The lowest BCUT2D eigenvalue weighted by Gasteiger charge is -2.39. The number of thioether (sulfide) groups is 1. The highest BCUT2D eigenvalue weighted by Crippen LogP contribution is 2.37. The lowest BCUT2D eigenvalue weighted by molar-refractivity contribution is -0.132. The Hall–Kier alpha value is -1.40. The lowest BCUT2D eigenvalue weighted by atomic mass is 9.78. The molecule has 3 aliphatic heterocycles. The van der Waals surface area contributed by atoms with Gasteiger partial charge in [0, 0.05) is 36.7 Å². The van der Waals surface area contributed by atoms with E-state index in [1.54, 1.807) is 11.8 Å². The average molecular weight is 362 g/mol. The number of hydrogen-bond acceptors (Lipinski definition) is 5. The smallest absolute Gasteiger partial charge is 0.223 e. The van der Waals surface area contributed by atoms with E-state index in [2.05, 4.69) is 10.2 Å². The Morgan fingerprint density at radius 1 is 1.16 bits per heavy atom. The maximum atomic E-state index is 12.5. The molecule has 1 aromatic rings. The van der Waals surface area contributed by atoms with Crippen LogP contribution in [0, 0.1) is 5.41 Å². The van der Waals surface area contributed by atoms with Gasteiger partial charge in [0.1, 0.15) is 13.2 Å². The number of carbonyl (C=O) groups is 1. The van der Waals surface area contributed by atoms with Gasteiger partial charge in [0.15, 0.2) is 11.5 Å². The van der Waals surface area contributed by atoms with Crippen LogP contribution in [0.1, 0.15) is 25.7 Å². The zero-order valence-corrected chi connectivity index (χ0v) is 15.4. The summed E-state index contributed by atoms with van der Waals surface area (Å²) in [5.74, 6) is 2.73. The van der Waals surface area contributed by atoms with Crippen molar-refractivity contribution in [1.82, 2.24) is 10.2 Å². The highest BCUT2D eigenvalue weighted by molar-refractivity contribution is 7.99. The van der Waals surface area contributed by atoms with Gasteiger partial charge in [-0.25, -0.2) is 0 Å². The summed E-state index contributed by atoms with van der Waals surface area (Å²) >= 11 is 1.71. The highest BCUT2D eigenvalue weighted by atomic mass is 32.2. The molecule has 0 unspecified atom stereocenters. The van der Waals surface area contributed by atoms with Crippen LogP contribution in [0.5, 0.6) is 11.5 Å². The molecule has 0 saturated carbocycles. The van der Waals surface area contributed by atoms with Gasteiger partial charge in [0.25, 0.3) is 0 Å². The first kappa shape index (κ1) is 17.0. The molecule has 2 saturated heterocycles. The average Bonchev–Trinajstić information content (AvgIpc) is 3.10. The van der Waals surface area contributed by atoms with E-state index in [0.717, 1.165) is 61.2 Å². The minimum atomic E-state index is 0.297. The van der Waals surface area contributed by atoms with Crippen LogP contribution in [0.15, 0.2) is 23.1 Å². The summed E-state index contributed by atoms with van der Waals surface area (Å²) < 4.78 is 11.2. The van der Waals surface area contributed by atoms with Gasteiger partial charge in [-0.1, -0.05) is 0 Å². The summed E-state index contributed by atoms with van der Waals surface area (Å²) in [6.45, 7) is 5.34. The first-order valence-corrected chi connectivity index (χ1v) is 10.2. The van der Waals surface area contributed by atoms with Crippen LogP contribution in [0.25, 0.3) is 0 Å². The lowest BCUT2D eigenvalue weighted by Crippen LogP contribution is -2.44. The molecule has 0 radical (unpaired) electrons. The van der Waals surface area contributed by atoms with Gasteiger partial charge in [-0.3, -0.25) is 4.79 Å². The summed E-state index contributed by atoms with van der Waals surface area (Å²) in [4.78, 5) is 15.7. The number of nitrogens with one attached hydrogen (secondary N) is 1. The minimum absolute atomic E-state index is 0.297. The van der Waals surface area contributed by atoms with Crippen LogP contribution in [0.2, 0.25) is 0 Å². The van der Waals surface area contributed by atoms with Gasteiger partial charge in [-0.2, -0.15) is 0 Å². The molecule has 4 rings (SSSR count). The number of amides is 1. The van der Waals surface area contributed by atoms with Gasteiger partial charge in [-0.05, 0) is 49.4 Å². The molecule has 3 aliphatic rings. The first-order chi connectivity index (χ1) is 12.2. The van der Waals surface area contributed by atoms with E-state index in [1.165, 1.54) is 6.42 Å². The second-order valence-electron chi connectivity index (χ2n) is 7.21. The molecule has 1 amide bonds. The quantitative estimate of drug-likeness (QED) is 0.834. The Kier molecular flexibility index (Phi) is 5.08. The first-order valence-electron chi connectivity index (χ1n) is 9.25. The highest BCUT2D eigenvalue weighted by Gasteiger charge is 2.37. The van der Waals surface area contributed by atoms with Crippen molar-refractivity contribution in [2.45, 2.75) is 30.6 Å². The van der Waals surface area contributed by atoms with E-state index >= 15 is 0 Å². The molecule has 136 valence electrons. The van der Waals surface area contributed by atoms with E-state index < -0.39 is 0 Å². The maximum absolute atomic E-state index is 12.5. The van der Waals surface area contributed by atoms with Crippen molar-refractivity contribution in [2.24, 2.45) is 5.41 Å². The Morgan fingerprint density at radius 2 is 1.96 bits per heavy atom. The number of hydrogen-bond donors (Lipinski definition) is 1. The fourth-order valence-electron chi connectivity index (χ4n) is 3.98. The van der Waals surface area contributed by atoms with Gasteiger partial charge < -0.3 is 19.7 Å². The fourth-order valence-corrected chi connectivity index (χ4v) is 4.85. The number of rotatable bonds is 4. The number of carbonyl (C=O) groups excluding carboxylic acids is 1. The van der Waals surface area contributed by atoms with Crippen LogP contribution >= 0.6 is 11.8 Å². The van der Waals surface area contributed by atoms with Crippen LogP contribution < -0.4 is 14.8 Å². The number of piperidine rings is 1. The summed E-state index contributed by atoms with van der Waals surface area (Å²) in [5, 5.41) is 3.47. The van der Waals surface area contributed by atoms with Crippen LogP contribution in [-0.4, -0.2) is 56.0 Å². The minimum Gasteiger partial charge on any atom is -0.486 e. The third-order valence-corrected chi connectivity index (χ3v) is 6.60. The van der Waals surface area contributed by atoms with E-state index in [4.69, 9.17) is 9.47 Å². The van der Waals surface area contributed by atoms with Crippen LogP contribution in [-0.2, 0) is 4.79 Å². The topological polar surface area (TPSA) is 50.8 Å². The molecule has 3 heterocycles. The number of likely N-dealkylation sites (tertiary alicyclic amines) is 1. The third-order valence-electron chi connectivity index (χ3n) is 5.61. The van der Waals surface area contributed by atoms with Crippen LogP contribution in [0.3, 0.4) is 0 Å². The molecule has 0 bridgehead atoms. The summed E-state index contributed by atoms with van der Waals surface area (Å²) in [5.41, 5.74) is 0.469. The van der Waals surface area contributed by atoms with Crippen molar-refractivity contribution in [1.29, 1.82) is 0 Å². The van der Waals surface area contributed by atoms with Crippen LogP contribution in [0.4, 0.5) is 0 Å². The number of nitrogens with zero attached hydrogens (tertiary/aromatic N) is 1. The second-order valence-corrected chi connectivity index (χ2v) is 8.38.